The maximum absolute atomic E-state index is 11.6. The van der Waals surface area contributed by atoms with Gasteiger partial charge in [-0.2, -0.15) is 0 Å². The van der Waals surface area contributed by atoms with Crippen LogP contribution in [-0.2, 0) is 14.6 Å². The van der Waals surface area contributed by atoms with Crippen molar-refractivity contribution in [2.24, 2.45) is 22.2 Å². The minimum atomic E-state index is -2.83. The molecule has 2 aliphatic carbocycles. The van der Waals surface area contributed by atoms with Crippen LogP contribution in [0.15, 0.2) is 4.99 Å². The van der Waals surface area contributed by atoms with Crippen molar-refractivity contribution >= 4 is 15.8 Å². The fourth-order valence-electron chi connectivity index (χ4n) is 5.61. The molecule has 0 radical (unpaired) electrons. The molecule has 2 aliphatic heterocycles. The summed E-state index contributed by atoms with van der Waals surface area (Å²) in [5, 5.41) is 7.07. The van der Waals surface area contributed by atoms with E-state index in [0.717, 1.165) is 32.0 Å². The van der Waals surface area contributed by atoms with Crippen LogP contribution in [0.4, 0.5) is 0 Å². The Bertz CT molecular complexity index is 627. The molecule has 142 valence electrons. The van der Waals surface area contributed by atoms with Gasteiger partial charge in [0, 0.05) is 37.1 Å². The van der Waals surface area contributed by atoms with Crippen LogP contribution in [0.5, 0.6) is 0 Å². The van der Waals surface area contributed by atoms with Gasteiger partial charge in [0.2, 0.25) is 0 Å². The number of aliphatic imine (C=N–C) groups is 1. The molecule has 4 atom stereocenters. The Morgan fingerprint density at radius 2 is 2.08 bits per heavy atom. The van der Waals surface area contributed by atoms with E-state index < -0.39 is 9.84 Å². The zero-order valence-electron chi connectivity index (χ0n) is 15.2. The number of hydrogen-bond acceptors (Lipinski definition) is 4. The van der Waals surface area contributed by atoms with E-state index in [1.54, 1.807) is 0 Å². The molecule has 4 unspecified atom stereocenters. The molecule has 4 fully saturated rings. The van der Waals surface area contributed by atoms with Gasteiger partial charge in [0.15, 0.2) is 15.8 Å². The molecule has 0 amide bonds. The lowest BCUT2D eigenvalue weighted by Gasteiger charge is -2.57. The van der Waals surface area contributed by atoms with Gasteiger partial charge < -0.3 is 15.4 Å². The molecule has 0 aromatic rings. The first kappa shape index (κ1) is 17.6. The topological polar surface area (TPSA) is 79.8 Å². The zero-order valence-corrected chi connectivity index (χ0v) is 16.0. The van der Waals surface area contributed by atoms with Crippen molar-refractivity contribution in [1.82, 2.24) is 10.6 Å². The predicted octanol–water partition coefficient (Wildman–Crippen LogP) is 1.32. The highest BCUT2D eigenvalue weighted by molar-refractivity contribution is 7.91. The predicted molar refractivity (Wildman–Crippen MR) is 98.4 cm³/mol. The molecule has 4 rings (SSSR count). The first-order valence-corrected chi connectivity index (χ1v) is 11.7. The van der Waals surface area contributed by atoms with Crippen molar-refractivity contribution in [3.63, 3.8) is 0 Å². The summed E-state index contributed by atoms with van der Waals surface area (Å²) in [7, 11) is -2.83. The largest absolute Gasteiger partial charge is 0.377 e. The van der Waals surface area contributed by atoms with Crippen LogP contribution in [0, 0.1) is 17.3 Å². The first-order chi connectivity index (χ1) is 12.0. The number of nitrogens with one attached hydrogen (secondary N) is 2. The molecule has 2 heterocycles. The van der Waals surface area contributed by atoms with Gasteiger partial charge in [0.05, 0.1) is 17.6 Å². The first-order valence-electron chi connectivity index (χ1n) is 9.91. The van der Waals surface area contributed by atoms with Crippen LogP contribution in [0.2, 0.25) is 0 Å². The van der Waals surface area contributed by atoms with Crippen molar-refractivity contribution in [3.8, 4) is 0 Å². The molecule has 1 spiro atoms. The number of ether oxygens (including phenoxy) is 1. The van der Waals surface area contributed by atoms with Crippen LogP contribution in [-0.4, -0.2) is 57.7 Å². The second kappa shape index (κ2) is 6.72. The second-order valence-electron chi connectivity index (χ2n) is 8.29. The highest BCUT2D eigenvalue weighted by atomic mass is 32.2. The number of rotatable bonds is 4. The zero-order chi connectivity index (χ0) is 17.5. The van der Waals surface area contributed by atoms with Gasteiger partial charge in [-0.1, -0.05) is 12.8 Å². The summed E-state index contributed by atoms with van der Waals surface area (Å²) in [5.41, 5.74) is 0.300. The molecule has 0 aromatic heterocycles. The van der Waals surface area contributed by atoms with E-state index in [9.17, 15) is 8.42 Å². The standard InChI is InChI=1S/C18H31N3O3S/c1-2-19-17(20-11-13-6-10-25(22,23)12-13)21-15-14-5-9-24-16(14)18(15)7-3-4-8-18/h13-16H,2-12H2,1H3,(H2,19,20,21). The Morgan fingerprint density at radius 1 is 1.28 bits per heavy atom. The van der Waals surface area contributed by atoms with E-state index in [0.29, 0.717) is 41.5 Å². The molecule has 7 heteroatoms. The molecule has 6 nitrogen and oxygen atoms in total. The van der Waals surface area contributed by atoms with E-state index >= 15 is 0 Å². The quantitative estimate of drug-likeness (QED) is 0.577. The van der Waals surface area contributed by atoms with Gasteiger partial charge in [0.1, 0.15) is 0 Å². The molecular formula is C18H31N3O3S. The third kappa shape index (κ3) is 3.18. The van der Waals surface area contributed by atoms with Crippen molar-refractivity contribution in [3.05, 3.63) is 0 Å². The van der Waals surface area contributed by atoms with Crippen LogP contribution in [0.1, 0.15) is 45.4 Å². The average molecular weight is 370 g/mol. The number of nitrogens with zero attached hydrogens (tertiary/aromatic N) is 1. The number of sulfone groups is 1. The SMILES string of the molecule is CCNC(=NCC1CCS(=O)(=O)C1)NC1C2CCOC2C12CCCC2. The van der Waals surface area contributed by atoms with Crippen LogP contribution < -0.4 is 10.6 Å². The fraction of sp³-hybridized carbons (Fsp3) is 0.944. The summed E-state index contributed by atoms with van der Waals surface area (Å²) in [4.78, 5) is 4.74. The van der Waals surface area contributed by atoms with E-state index in [1.165, 1.54) is 25.7 Å². The summed E-state index contributed by atoms with van der Waals surface area (Å²) >= 11 is 0. The summed E-state index contributed by atoms with van der Waals surface area (Å²) in [6, 6.07) is 0.451. The molecule has 2 saturated carbocycles. The van der Waals surface area contributed by atoms with Crippen molar-refractivity contribution in [2.75, 3.05) is 31.2 Å². The van der Waals surface area contributed by atoms with Gasteiger partial charge in [0.25, 0.3) is 0 Å². The second-order valence-corrected chi connectivity index (χ2v) is 10.5. The minimum absolute atomic E-state index is 0.171. The third-order valence-corrected chi connectivity index (χ3v) is 8.59. The smallest absolute Gasteiger partial charge is 0.191 e. The van der Waals surface area contributed by atoms with Gasteiger partial charge in [-0.25, -0.2) is 8.42 Å². The third-order valence-electron chi connectivity index (χ3n) is 6.76. The molecule has 0 bridgehead atoms. The average Bonchev–Trinajstić information content (AvgIpc) is 3.28. The van der Waals surface area contributed by atoms with Gasteiger partial charge in [-0.3, -0.25) is 4.99 Å². The van der Waals surface area contributed by atoms with Gasteiger partial charge in [-0.15, -0.1) is 0 Å². The lowest BCUT2D eigenvalue weighted by Crippen LogP contribution is -2.69. The molecule has 25 heavy (non-hydrogen) atoms. The van der Waals surface area contributed by atoms with E-state index in [-0.39, 0.29) is 5.92 Å². The summed E-state index contributed by atoms with van der Waals surface area (Å²) in [6.45, 7) is 4.38. The lowest BCUT2D eigenvalue weighted by molar-refractivity contribution is -0.125. The summed E-state index contributed by atoms with van der Waals surface area (Å²) < 4.78 is 29.3. The molecule has 2 N–H and O–H groups in total. The summed E-state index contributed by atoms with van der Waals surface area (Å²) in [5.74, 6) is 2.25. The maximum atomic E-state index is 11.6. The number of fused-ring (bicyclic) bond motifs is 2. The lowest BCUT2D eigenvalue weighted by atomic mass is 9.54. The molecule has 0 aromatic carbocycles. The van der Waals surface area contributed by atoms with Gasteiger partial charge in [-0.05, 0) is 38.5 Å². The highest BCUT2D eigenvalue weighted by Gasteiger charge is 2.65. The Morgan fingerprint density at radius 3 is 2.76 bits per heavy atom. The number of hydrogen-bond donors (Lipinski definition) is 2. The normalized spacial score (nSPS) is 38.5. The van der Waals surface area contributed by atoms with Crippen LogP contribution in [0.3, 0.4) is 0 Å². The number of guanidine groups is 1. The Labute approximate surface area is 151 Å². The van der Waals surface area contributed by atoms with Crippen molar-refractivity contribution in [1.29, 1.82) is 0 Å². The molecule has 2 saturated heterocycles. The summed E-state index contributed by atoms with van der Waals surface area (Å²) in [6.07, 6.45) is 7.45. The Hall–Kier alpha value is -0.820. The van der Waals surface area contributed by atoms with E-state index in [1.807, 2.05) is 0 Å². The molecular weight excluding hydrogens is 338 g/mol. The van der Waals surface area contributed by atoms with Gasteiger partial charge >= 0.3 is 0 Å². The Kier molecular flexibility index (Phi) is 4.73. The van der Waals surface area contributed by atoms with E-state index in [2.05, 4.69) is 17.6 Å². The Balaban J connectivity index is 1.43. The highest BCUT2D eigenvalue weighted by Crippen LogP contribution is 2.60. The van der Waals surface area contributed by atoms with Crippen LogP contribution >= 0.6 is 0 Å². The minimum Gasteiger partial charge on any atom is -0.377 e. The molecule has 4 aliphatic rings. The van der Waals surface area contributed by atoms with Crippen molar-refractivity contribution < 1.29 is 13.2 Å². The fourth-order valence-corrected chi connectivity index (χ4v) is 7.46. The monoisotopic (exact) mass is 369 g/mol. The van der Waals surface area contributed by atoms with E-state index in [4.69, 9.17) is 9.73 Å². The maximum Gasteiger partial charge on any atom is 0.191 e. The van der Waals surface area contributed by atoms with Crippen LogP contribution in [0.25, 0.3) is 0 Å². The van der Waals surface area contributed by atoms with Crippen molar-refractivity contribution in [2.45, 2.75) is 57.6 Å².